The van der Waals surface area contributed by atoms with E-state index >= 15 is 0 Å². The number of aliphatic hydroxyl groups is 3. The third-order valence-electron chi connectivity index (χ3n) is 10.0. The zero-order valence-electron chi connectivity index (χ0n) is 22.8. The molecular weight excluding hydrogens is 534 g/mol. The van der Waals surface area contributed by atoms with E-state index in [4.69, 9.17) is 10.5 Å². The number of allylic oxidation sites excluding steroid dienone is 2. The normalized spacial score (nSPS) is 30.0. The van der Waals surface area contributed by atoms with Crippen molar-refractivity contribution < 1.29 is 49.4 Å². The number of ether oxygens (including phenoxy) is 1. The van der Waals surface area contributed by atoms with Crippen LogP contribution in [0.2, 0.25) is 0 Å². The van der Waals surface area contributed by atoms with Crippen LogP contribution in [0.5, 0.6) is 17.2 Å². The van der Waals surface area contributed by atoms with Gasteiger partial charge in [0, 0.05) is 34.4 Å². The van der Waals surface area contributed by atoms with E-state index in [0.29, 0.717) is 11.3 Å². The van der Waals surface area contributed by atoms with E-state index in [1.807, 2.05) is 20.8 Å². The molecule has 41 heavy (non-hydrogen) atoms. The Morgan fingerprint density at radius 2 is 1.63 bits per heavy atom. The highest BCUT2D eigenvalue weighted by molar-refractivity contribution is 6.39. The molecule has 0 aliphatic heterocycles. The first-order valence-electron chi connectivity index (χ1n) is 13.1. The van der Waals surface area contributed by atoms with Crippen molar-refractivity contribution >= 4 is 34.0 Å². The van der Waals surface area contributed by atoms with E-state index in [0.717, 1.165) is 18.4 Å². The number of fused-ring (bicyclic) bond motifs is 4. The maximum atomic E-state index is 14.3. The van der Waals surface area contributed by atoms with Gasteiger partial charge in [-0.05, 0) is 37.2 Å². The van der Waals surface area contributed by atoms with E-state index in [1.54, 1.807) is 0 Å². The number of amides is 1. The monoisotopic (exact) mass is 563 g/mol. The number of rotatable bonds is 2. The van der Waals surface area contributed by atoms with Gasteiger partial charge in [0.25, 0.3) is 5.91 Å². The van der Waals surface area contributed by atoms with Crippen LogP contribution in [0.3, 0.4) is 0 Å². The molecule has 4 aliphatic rings. The summed E-state index contributed by atoms with van der Waals surface area (Å²) < 4.78 is 5.71. The average molecular weight is 564 g/mol. The predicted octanol–water partition coefficient (Wildman–Crippen LogP) is 1.93. The standard InChI is InChI=1S/C30H29NO10/c1-11-6-5-7-27(2,3)28(11)9-12-16-18(13(32)8-15(41-4)21(16)28)22(34)20-17(12)23(35)29(39)10-14(33)19(26(31)38)24(36)30(29,40)25(20)37/h6,8,32-34,39-40H,5,7,9-10H2,1-4H3,(H2,31,38)/t28-,29-,30+/m1/s1. The summed E-state index contributed by atoms with van der Waals surface area (Å²) in [4.78, 5) is 53.5. The number of nitrogens with two attached hydrogens (primary N) is 1. The summed E-state index contributed by atoms with van der Waals surface area (Å²) in [6.45, 7) is 6.03. The number of aromatic hydroxyl groups is 2. The van der Waals surface area contributed by atoms with Gasteiger partial charge >= 0.3 is 0 Å². The van der Waals surface area contributed by atoms with Crippen LogP contribution in [0.4, 0.5) is 0 Å². The second-order valence-corrected chi connectivity index (χ2v) is 12.1. The maximum absolute atomic E-state index is 14.3. The maximum Gasteiger partial charge on any atom is 0.255 e. The van der Waals surface area contributed by atoms with Crippen LogP contribution in [0.1, 0.15) is 71.9 Å². The van der Waals surface area contributed by atoms with Gasteiger partial charge in [0.1, 0.15) is 28.6 Å². The van der Waals surface area contributed by atoms with Crippen molar-refractivity contribution in [2.75, 3.05) is 7.11 Å². The summed E-state index contributed by atoms with van der Waals surface area (Å²) in [7, 11) is 1.42. The molecule has 1 spiro atoms. The zero-order chi connectivity index (χ0) is 30.2. The van der Waals surface area contributed by atoms with Gasteiger partial charge in [-0.3, -0.25) is 19.2 Å². The number of hydrogen-bond acceptors (Lipinski definition) is 10. The van der Waals surface area contributed by atoms with Gasteiger partial charge < -0.3 is 36.0 Å². The highest BCUT2D eigenvalue weighted by Gasteiger charge is 2.72. The van der Waals surface area contributed by atoms with Crippen LogP contribution in [0.25, 0.3) is 10.8 Å². The quantitative estimate of drug-likeness (QED) is 0.178. The molecule has 11 heteroatoms. The minimum atomic E-state index is -3.58. The Kier molecular flexibility index (Phi) is 5.09. The summed E-state index contributed by atoms with van der Waals surface area (Å²) in [5.41, 5.74) is -3.47. The Hall–Kier alpha value is -4.22. The number of carbonyl (C=O) groups is 4. The van der Waals surface area contributed by atoms with Gasteiger partial charge in [-0.15, -0.1) is 0 Å². The Morgan fingerprint density at radius 1 is 0.976 bits per heavy atom. The van der Waals surface area contributed by atoms with Crippen molar-refractivity contribution in [2.45, 2.75) is 63.1 Å². The Morgan fingerprint density at radius 3 is 2.22 bits per heavy atom. The Labute approximate surface area is 233 Å². The number of Topliss-reactive ketones (excluding diaryl/α,β-unsaturated/α-hetero) is 3. The highest BCUT2D eigenvalue weighted by Crippen LogP contribution is 2.65. The number of phenolic OH excluding ortho intramolecular Hbond substituents is 2. The van der Waals surface area contributed by atoms with Crippen LogP contribution in [0, 0.1) is 5.41 Å². The van der Waals surface area contributed by atoms with E-state index < -0.39 is 85.7 Å². The minimum absolute atomic E-state index is 0.104. The molecule has 214 valence electrons. The van der Waals surface area contributed by atoms with E-state index in [-0.39, 0.29) is 22.8 Å². The van der Waals surface area contributed by atoms with E-state index in [2.05, 4.69) is 6.08 Å². The molecular formula is C30H29NO10. The average Bonchev–Trinajstić information content (AvgIpc) is 3.24. The SMILES string of the molecule is COc1cc(O)c2c(O)c3c(c4c2c1[C@@]1(C4)C(C)=CCCC1(C)C)C(=O)[C@]1(O)CC(O)=C(C(N)=O)C(=O)[C@]1(O)C3=O. The molecule has 0 aromatic heterocycles. The first-order chi connectivity index (χ1) is 19.0. The van der Waals surface area contributed by atoms with Crippen LogP contribution >= 0.6 is 0 Å². The molecule has 2 aromatic rings. The van der Waals surface area contributed by atoms with Crippen LogP contribution in [0.15, 0.2) is 29.0 Å². The number of methoxy groups -OCH3 is 1. The molecule has 0 unspecified atom stereocenters. The fraction of sp³-hybridized carbons (Fsp3) is 0.400. The number of aliphatic hydroxyl groups excluding tert-OH is 1. The summed E-state index contributed by atoms with van der Waals surface area (Å²) in [5.74, 6) is -8.22. The number of primary amides is 1. The molecule has 1 amide bonds. The molecule has 3 atom stereocenters. The molecule has 2 aromatic carbocycles. The molecule has 4 aliphatic carbocycles. The third kappa shape index (κ3) is 2.71. The predicted molar refractivity (Wildman–Crippen MR) is 143 cm³/mol. The first-order valence-corrected chi connectivity index (χ1v) is 13.1. The number of ketones is 3. The molecule has 7 N–H and O–H groups in total. The Bertz CT molecular complexity index is 1760. The van der Waals surface area contributed by atoms with Gasteiger partial charge in [-0.2, -0.15) is 0 Å². The summed E-state index contributed by atoms with van der Waals surface area (Å²) in [6, 6.07) is 1.30. The molecule has 0 radical (unpaired) electrons. The molecule has 0 saturated heterocycles. The van der Waals surface area contributed by atoms with Crippen LogP contribution in [-0.2, 0) is 21.4 Å². The second kappa shape index (κ2) is 7.74. The lowest BCUT2D eigenvalue weighted by Gasteiger charge is -2.49. The molecule has 0 saturated carbocycles. The Balaban J connectivity index is 1.78. The number of hydrogen-bond donors (Lipinski definition) is 6. The van der Waals surface area contributed by atoms with E-state index in [9.17, 15) is 44.7 Å². The molecule has 6 rings (SSSR count). The lowest BCUT2D eigenvalue weighted by molar-refractivity contribution is -0.154. The van der Waals surface area contributed by atoms with Crippen molar-refractivity contribution in [1.29, 1.82) is 0 Å². The zero-order valence-corrected chi connectivity index (χ0v) is 22.8. The fourth-order valence-corrected chi connectivity index (χ4v) is 7.91. The first kappa shape index (κ1) is 27.0. The number of phenols is 2. The molecule has 0 bridgehead atoms. The number of carbonyl (C=O) groups excluding carboxylic acids is 4. The van der Waals surface area contributed by atoms with Gasteiger partial charge in [0.2, 0.25) is 17.2 Å². The van der Waals surface area contributed by atoms with Crippen LogP contribution < -0.4 is 10.5 Å². The lowest BCUT2D eigenvalue weighted by Crippen LogP contribution is -2.73. The smallest absolute Gasteiger partial charge is 0.255 e. The minimum Gasteiger partial charge on any atom is -0.511 e. The third-order valence-corrected chi connectivity index (χ3v) is 10.0. The molecule has 11 nitrogen and oxygen atoms in total. The van der Waals surface area contributed by atoms with Crippen molar-refractivity contribution in [2.24, 2.45) is 11.1 Å². The summed E-state index contributed by atoms with van der Waals surface area (Å²) >= 11 is 0. The van der Waals surface area contributed by atoms with Crippen LogP contribution in [-0.4, -0.2) is 67.1 Å². The topological polar surface area (TPSA) is 205 Å². The fourth-order valence-electron chi connectivity index (χ4n) is 7.91. The molecule has 0 heterocycles. The van der Waals surface area contributed by atoms with Crippen molar-refractivity contribution in [3.63, 3.8) is 0 Å². The van der Waals surface area contributed by atoms with Gasteiger partial charge in [-0.1, -0.05) is 25.5 Å². The molecule has 0 fully saturated rings. The summed E-state index contributed by atoms with van der Waals surface area (Å²) in [5, 5.41) is 56.3. The van der Waals surface area contributed by atoms with Gasteiger partial charge in [0.05, 0.1) is 18.1 Å². The van der Waals surface area contributed by atoms with E-state index in [1.165, 1.54) is 13.2 Å². The lowest BCUT2D eigenvalue weighted by atomic mass is 9.54. The largest absolute Gasteiger partial charge is 0.511 e. The van der Waals surface area contributed by atoms with Gasteiger partial charge in [-0.25, -0.2) is 0 Å². The second-order valence-electron chi connectivity index (χ2n) is 12.1. The van der Waals surface area contributed by atoms with Gasteiger partial charge in [0.15, 0.2) is 11.4 Å². The van der Waals surface area contributed by atoms with Crippen molar-refractivity contribution in [3.05, 3.63) is 51.3 Å². The number of benzene rings is 2. The van der Waals surface area contributed by atoms with Crippen molar-refractivity contribution in [3.8, 4) is 17.2 Å². The summed E-state index contributed by atoms with van der Waals surface area (Å²) in [6.07, 6.45) is 2.53. The van der Waals surface area contributed by atoms with Crippen molar-refractivity contribution in [1.82, 2.24) is 0 Å². The highest BCUT2D eigenvalue weighted by atomic mass is 16.5.